The minimum absolute atomic E-state index is 0.0339. The highest BCUT2D eigenvalue weighted by molar-refractivity contribution is 6.09. The van der Waals surface area contributed by atoms with Crippen molar-refractivity contribution in [2.75, 3.05) is 0 Å². The number of fused-ring (bicyclic) bond motifs is 3. The van der Waals surface area contributed by atoms with Crippen LogP contribution in [0, 0.1) is 11.6 Å². The van der Waals surface area contributed by atoms with Gasteiger partial charge in [-0.25, -0.2) is 8.78 Å². The van der Waals surface area contributed by atoms with Gasteiger partial charge in [0.25, 0.3) is 0 Å². The van der Waals surface area contributed by atoms with Crippen LogP contribution >= 0.6 is 0 Å². The third kappa shape index (κ3) is 2.58. The molecule has 0 aliphatic carbocycles. The minimum atomic E-state index is -0.415. The fraction of sp³-hybridized carbons (Fsp3) is 0.190. The van der Waals surface area contributed by atoms with Crippen molar-refractivity contribution < 1.29 is 13.2 Å². The molecular weight excluding hydrogens is 320 g/mol. The first kappa shape index (κ1) is 15.8. The van der Waals surface area contributed by atoms with Gasteiger partial charge in [0.1, 0.15) is 22.8 Å². The first-order chi connectivity index (χ1) is 11.8. The summed E-state index contributed by atoms with van der Waals surface area (Å²) < 4.78 is 33.8. The fourth-order valence-corrected chi connectivity index (χ4v) is 3.06. The molecule has 4 heteroatoms. The Balaban J connectivity index is 2.03. The molecule has 0 fully saturated rings. The van der Waals surface area contributed by atoms with E-state index in [4.69, 9.17) is 4.42 Å². The van der Waals surface area contributed by atoms with E-state index >= 15 is 0 Å². The van der Waals surface area contributed by atoms with Crippen molar-refractivity contribution in [2.45, 2.75) is 26.2 Å². The van der Waals surface area contributed by atoms with Crippen molar-refractivity contribution in [3.8, 4) is 11.3 Å². The molecule has 0 aliphatic rings. The zero-order valence-electron chi connectivity index (χ0n) is 14.2. The number of hydrogen-bond donors (Lipinski definition) is 0. The summed E-state index contributed by atoms with van der Waals surface area (Å²) in [7, 11) is 0. The monoisotopic (exact) mass is 337 g/mol. The third-order valence-electron chi connectivity index (χ3n) is 4.43. The number of pyridine rings is 1. The van der Waals surface area contributed by atoms with Gasteiger partial charge in [-0.05, 0) is 47.4 Å². The fourth-order valence-electron chi connectivity index (χ4n) is 3.06. The summed E-state index contributed by atoms with van der Waals surface area (Å²) in [5.74, 6) is -0.808. The molecular formula is C21H17F2NO. The second-order valence-electron chi connectivity index (χ2n) is 7.22. The van der Waals surface area contributed by atoms with Crippen molar-refractivity contribution in [2.24, 2.45) is 0 Å². The average molecular weight is 337 g/mol. The lowest BCUT2D eigenvalue weighted by atomic mass is 9.87. The Bertz CT molecular complexity index is 1110. The summed E-state index contributed by atoms with van der Waals surface area (Å²) in [4.78, 5) is 4.43. The first-order valence-electron chi connectivity index (χ1n) is 8.12. The lowest BCUT2D eigenvalue weighted by molar-refractivity contribution is 0.589. The second kappa shape index (κ2) is 5.38. The third-order valence-corrected chi connectivity index (χ3v) is 4.43. The molecule has 0 saturated heterocycles. The maximum absolute atomic E-state index is 14.4. The van der Waals surface area contributed by atoms with Gasteiger partial charge in [0.2, 0.25) is 0 Å². The van der Waals surface area contributed by atoms with Crippen molar-refractivity contribution in [1.82, 2.24) is 4.98 Å². The van der Waals surface area contributed by atoms with Gasteiger partial charge in [-0.2, -0.15) is 0 Å². The van der Waals surface area contributed by atoms with E-state index in [2.05, 4.69) is 25.8 Å². The zero-order chi connectivity index (χ0) is 17.8. The minimum Gasteiger partial charge on any atom is -0.455 e. The molecule has 0 amide bonds. The zero-order valence-corrected chi connectivity index (χ0v) is 14.2. The van der Waals surface area contributed by atoms with Crippen LogP contribution in [-0.2, 0) is 5.41 Å². The summed E-state index contributed by atoms with van der Waals surface area (Å²) in [6.45, 7) is 6.36. The van der Waals surface area contributed by atoms with Gasteiger partial charge in [0.15, 0.2) is 0 Å². The van der Waals surface area contributed by atoms with E-state index < -0.39 is 11.6 Å². The molecule has 4 aromatic rings. The molecule has 0 radical (unpaired) electrons. The molecule has 4 rings (SSSR count). The van der Waals surface area contributed by atoms with Crippen LogP contribution in [0.5, 0.6) is 0 Å². The van der Waals surface area contributed by atoms with Crippen LogP contribution in [0.1, 0.15) is 26.3 Å². The Kier molecular flexibility index (Phi) is 3.39. The number of furan rings is 1. The summed E-state index contributed by atoms with van der Waals surface area (Å²) >= 11 is 0. The van der Waals surface area contributed by atoms with E-state index in [1.54, 1.807) is 18.3 Å². The van der Waals surface area contributed by atoms with Crippen LogP contribution in [0.2, 0.25) is 0 Å². The van der Waals surface area contributed by atoms with E-state index in [1.165, 1.54) is 18.2 Å². The SMILES string of the molecule is CC(C)(C)c1ccnc(-c2ccc(F)c3c2oc2cc(F)ccc23)c1. The molecule has 126 valence electrons. The molecule has 2 nitrogen and oxygen atoms in total. The number of hydrogen-bond acceptors (Lipinski definition) is 2. The molecule has 0 spiro atoms. The van der Waals surface area contributed by atoms with E-state index in [0.717, 1.165) is 5.56 Å². The quantitative estimate of drug-likeness (QED) is 0.412. The van der Waals surface area contributed by atoms with Crippen LogP contribution in [0.4, 0.5) is 8.78 Å². The molecule has 2 aromatic carbocycles. The van der Waals surface area contributed by atoms with Crippen molar-refractivity contribution >= 4 is 21.9 Å². The molecule has 0 aliphatic heterocycles. The van der Waals surface area contributed by atoms with E-state index in [9.17, 15) is 8.78 Å². The van der Waals surface area contributed by atoms with E-state index in [-0.39, 0.29) is 5.41 Å². The van der Waals surface area contributed by atoms with Gasteiger partial charge in [-0.1, -0.05) is 20.8 Å². The average Bonchev–Trinajstić information content (AvgIpc) is 2.93. The number of aromatic nitrogens is 1. The molecule has 0 saturated carbocycles. The Labute approximate surface area is 144 Å². The molecule has 2 aromatic heterocycles. The van der Waals surface area contributed by atoms with Crippen molar-refractivity contribution in [1.29, 1.82) is 0 Å². The van der Waals surface area contributed by atoms with E-state index in [0.29, 0.717) is 33.2 Å². The van der Waals surface area contributed by atoms with E-state index in [1.807, 2.05) is 12.1 Å². The Morgan fingerprint density at radius 1 is 0.960 bits per heavy atom. The standard InChI is InChI=1S/C21H17F2NO/c1-21(2,3)12-8-9-24-17(10-12)14-6-7-16(23)19-15-5-4-13(22)11-18(15)25-20(14)19/h4-11H,1-3H3. The Morgan fingerprint density at radius 2 is 1.76 bits per heavy atom. The Morgan fingerprint density at radius 3 is 2.52 bits per heavy atom. The highest BCUT2D eigenvalue weighted by Crippen LogP contribution is 2.37. The van der Waals surface area contributed by atoms with Gasteiger partial charge < -0.3 is 4.42 Å². The van der Waals surface area contributed by atoms with Crippen LogP contribution in [0.15, 0.2) is 53.1 Å². The lowest BCUT2D eigenvalue weighted by Crippen LogP contribution is -2.11. The van der Waals surface area contributed by atoms with Crippen molar-refractivity contribution in [3.05, 3.63) is 65.9 Å². The molecule has 0 bridgehead atoms. The smallest absolute Gasteiger partial charge is 0.147 e. The molecule has 0 N–H and O–H groups in total. The highest BCUT2D eigenvalue weighted by Gasteiger charge is 2.19. The van der Waals surface area contributed by atoms with Gasteiger partial charge in [-0.3, -0.25) is 4.98 Å². The first-order valence-corrected chi connectivity index (χ1v) is 8.12. The number of nitrogens with zero attached hydrogens (tertiary/aromatic N) is 1. The predicted octanol–water partition coefficient (Wildman–Crippen LogP) is 6.22. The summed E-state index contributed by atoms with van der Waals surface area (Å²) in [5, 5.41) is 0.915. The molecule has 0 unspecified atom stereocenters. The largest absolute Gasteiger partial charge is 0.455 e. The topological polar surface area (TPSA) is 26.0 Å². The van der Waals surface area contributed by atoms with Gasteiger partial charge in [-0.15, -0.1) is 0 Å². The maximum atomic E-state index is 14.4. The van der Waals surface area contributed by atoms with Crippen LogP contribution in [0.25, 0.3) is 33.2 Å². The summed E-state index contributed by atoms with van der Waals surface area (Å²) in [5.41, 5.74) is 3.20. The molecule has 25 heavy (non-hydrogen) atoms. The summed E-state index contributed by atoms with van der Waals surface area (Å²) in [6.07, 6.45) is 1.74. The van der Waals surface area contributed by atoms with Crippen LogP contribution in [0.3, 0.4) is 0 Å². The number of rotatable bonds is 1. The Hall–Kier alpha value is -2.75. The molecule has 2 heterocycles. The van der Waals surface area contributed by atoms with Crippen LogP contribution < -0.4 is 0 Å². The van der Waals surface area contributed by atoms with Crippen LogP contribution in [-0.4, -0.2) is 4.98 Å². The molecule has 0 atom stereocenters. The maximum Gasteiger partial charge on any atom is 0.147 e. The predicted molar refractivity (Wildman–Crippen MR) is 95.6 cm³/mol. The van der Waals surface area contributed by atoms with Gasteiger partial charge in [0.05, 0.1) is 11.1 Å². The highest BCUT2D eigenvalue weighted by atomic mass is 19.1. The van der Waals surface area contributed by atoms with Crippen molar-refractivity contribution in [3.63, 3.8) is 0 Å². The number of halogens is 2. The summed E-state index contributed by atoms with van der Waals surface area (Å²) in [6, 6.07) is 11.1. The normalized spacial score (nSPS) is 12.2. The van der Waals surface area contributed by atoms with Gasteiger partial charge in [0, 0.05) is 23.2 Å². The lowest BCUT2D eigenvalue weighted by Gasteiger charge is -2.19. The van der Waals surface area contributed by atoms with Gasteiger partial charge >= 0.3 is 0 Å². The number of benzene rings is 2. The second-order valence-corrected chi connectivity index (χ2v) is 7.22.